The SMILES string of the molecule is CC(Oc1ccc(I)c(Cl)c1)C(N)=O. The zero-order valence-corrected chi connectivity index (χ0v) is 10.4. The van der Waals surface area contributed by atoms with E-state index in [0.717, 1.165) is 3.57 Å². The average Bonchev–Trinajstić information content (AvgIpc) is 2.11. The van der Waals surface area contributed by atoms with Crippen LogP contribution in [0, 0.1) is 3.57 Å². The Balaban J connectivity index is 2.78. The molecule has 1 aromatic carbocycles. The number of rotatable bonds is 3. The van der Waals surface area contributed by atoms with E-state index in [9.17, 15) is 4.79 Å². The van der Waals surface area contributed by atoms with Crippen LogP contribution in [0.2, 0.25) is 5.02 Å². The van der Waals surface area contributed by atoms with Crippen LogP contribution in [0.3, 0.4) is 0 Å². The van der Waals surface area contributed by atoms with E-state index in [2.05, 4.69) is 22.6 Å². The Kier molecular flexibility index (Phi) is 4.00. The molecule has 2 N–H and O–H groups in total. The van der Waals surface area contributed by atoms with E-state index >= 15 is 0 Å². The van der Waals surface area contributed by atoms with Crippen molar-refractivity contribution in [1.29, 1.82) is 0 Å². The van der Waals surface area contributed by atoms with Crippen molar-refractivity contribution in [3.05, 3.63) is 26.8 Å². The van der Waals surface area contributed by atoms with Crippen LogP contribution in [0.5, 0.6) is 5.75 Å². The summed E-state index contributed by atoms with van der Waals surface area (Å²) in [4.78, 5) is 10.7. The predicted octanol–water partition coefficient (Wildman–Crippen LogP) is 2.20. The minimum absolute atomic E-state index is 0.500. The van der Waals surface area contributed by atoms with Gasteiger partial charge in [-0.25, -0.2) is 0 Å². The molecule has 0 aliphatic rings. The highest BCUT2D eigenvalue weighted by Crippen LogP contribution is 2.24. The molecule has 0 bridgehead atoms. The Morgan fingerprint density at radius 1 is 1.64 bits per heavy atom. The number of ether oxygens (including phenoxy) is 1. The lowest BCUT2D eigenvalue weighted by Crippen LogP contribution is -2.30. The topological polar surface area (TPSA) is 52.3 Å². The van der Waals surface area contributed by atoms with Crippen molar-refractivity contribution in [2.45, 2.75) is 13.0 Å². The van der Waals surface area contributed by atoms with E-state index in [1.165, 1.54) is 0 Å². The fourth-order valence-electron chi connectivity index (χ4n) is 0.812. The maximum Gasteiger partial charge on any atom is 0.258 e. The van der Waals surface area contributed by atoms with Crippen LogP contribution in [-0.2, 0) is 4.79 Å². The number of halogens is 2. The highest BCUT2D eigenvalue weighted by atomic mass is 127. The van der Waals surface area contributed by atoms with Gasteiger partial charge in [-0.3, -0.25) is 4.79 Å². The van der Waals surface area contributed by atoms with Crippen LogP contribution in [0.15, 0.2) is 18.2 Å². The number of primary amides is 1. The average molecular weight is 326 g/mol. The standard InChI is InChI=1S/C9H9ClINO2/c1-5(9(12)13)14-6-2-3-8(11)7(10)4-6/h2-5H,1H3,(H2,12,13). The third-order valence-corrected chi connectivity index (χ3v) is 3.18. The summed E-state index contributed by atoms with van der Waals surface area (Å²) >= 11 is 7.98. The smallest absolute Gasteiger partial charge is 0.258 e. The quantitative estimate of drug-likeness (QED) is 0.866. The van der Waals surface area contributed by atoms with Crippen molar-refractivity contribution < 1.29 is 9.53 Å². The maximum absolute atomic E-state index is 10.7. The number of benzene rings is 1. The monoisotopic (exact) mass is 325 g/mol. The number of hydrogen-bond acceptors (Lipinski definition) is 2. The summed E-state index contributed by atoms with van der Waals surface area (Å²) in [6.45, 7) is 1.59. The first-order valence-corrected chi connectivity index (χ1v) is 5.37. The third-order valence-electron chi connectivity index (χ3n) is 1.60. The van der Waals surface area contributed by atoms with Crippen LogP contribution in [0.25, 0.3) is 0 Å². The van der Waals surface area contributed by atoms with Crippen molar-refractivity contribution in [3.63, 3.8) is 0 Å². The molecular weight excluding hydrogens is 316 g/mol. The normalized spacial score (nSPS) is 12.2. The van der Waals surface area contributed by atoms with Gasteiger partial charge in [-0.15, -0.1) is 0 Å². The number of carbonyl (C=O) groups is 1. The van der Waals surface area contributed by atoms with Crippen LogP contribution in [-0.4, -0.2) is 12.0 Å². The molecule has 0 fully saturated rings. The lowest BCUT2D eigenvalue weighted by atomic mass is 10.3. The van der Waals surface area contributed by atoms with Crippen molar-refractivity contribution in [3.8, 4) is 5.75 Å². The summed E-state index contributed by atoms with van der Waals surface area (Å²) in [7, 11) is 0. The van der Waals surface area contributed by atoms with Crippen LogP contribution < -0.4 is 10.5 Å². The number of amides is 1. The van der Waals surface area contributed by atoms with Gasteiger partial charge in [0.05, 0.1) is 5.02 Å². The number of carbonyl (C=O) groups excluding carboxylic acids is 1. The Bertz CT molecular complexity index is 357. The van der Waals surface area contributed by atoms with Gasteiger partial charge in [-0.1, -0.05) is 11.6 Å². The molecule has 1 unspecified atom stereocenters. The van der Waals surface area contributed by atoms with Crippen molar-refractivity contribution >= 4 is 40.1 Å². The Labute approximate surface area is 101 Å². The molecule has 0 aliphatic carbocycles. The highest BCUT2D eigenvalue weighted by molar-refractivity contribution is 14.1. The number of hydrogen-bond donors (Lipinski definition) is 1. The molecule has 76 valence electrons. The Morgan fingerprint density at radius 3 is 2.79 bits per heavy atom. The summed E-state index contributed by atoms with van der Waals surface area (Å²) in [5.74, 6) is 0.0430. The van der Waals surface area contributed by atoms with Crippen molar-refractivity contribution in [1.82, 2.24) is 0 Å². The molecule has 1 amide bonds. The lowest BCUT2D eigenvalue weighted by Gasteiger charge is -2.11. The van der Waals surface area contributed by atoms with Crippen molar-refractivity contribution in [2.75, 3.05) is 0 Å². The van der Waals surface area contributed by atoms with E-state index in [4.69, 9.17) is 22.1 Å². The summed E-state index contributed by atoms with van der Waals surface area (Å²) in [5.41, 5.74) is 5.05. The fraction of sp³-hybridized carbons (Fsp3) is 0.222. The molecule has 1 aromatic rings. The molecule has 3 nitrogen and oxygen atoms in total. The molecule has 0 aliphatic heterocycles. The van der Waals surface area contributed by atoms with Crippen LogP contribution in [0.4, 0.5) is 0 Å². The second-order valence-corrected chi connectivity index (χ2v) is 4.31. The predicted molar refractivity (Wildman–Crippen MR) is 63.5 cm³/mol. The van der Waals surface area contributed by atoms with Gasteiger partial charge < -0.3 is 10.5 Å². The molecule has 1 rings (SSSR count). The zero-order valence-electron chi connectivity index (χ0n) is 7.46. The second kappa shape index (κ2) is 4.84. The lowest BCUT2D eigenvalue weighted by molar-refractivity contribution is -0.123. The first-order valence-electron chi connectivity index (χ1n) is 3.91. The minimum atomic E-state index is -0.647. The van der Waals surface area contributed by atoms with Gasteiger partial charge >= 0.3 is 0 Å². The maximum atomic E-state index is 10.7. The van der Waals surface area contributed by atoms with E-state index in [-0.39, 0.29) is 0 Å². The largest absolute Gasteiger partial charge is 0.481 e. The van der Waals surface area contributed by atoms with E-state index in [1.54, 1.807) is 19.1 Å². The first kappa shape index (κ1) is 11.6. The van der Waals surface area contributed by atoms with Crippen molar-refractivity contribution in [2.24, 2.45) is 5.73 Å². The highest BCUT2D eigenvalue weighted by Gasteiger charge is 2.10. The number of nitrogens with two attached hydrogens (primary N) is 1. The van der Waals surface area contributed by atoms with Crippen LogP contribution in [0.1, 0.15) is 6.92 Å². The molecule has 0 spiro atoms. The van der Waals surface area contributed by atoms with Gasteiger partial charge in [0, 0.05) is 3.57 Å². The van der Waals surface area contributed by atoms with Gasteiger partial charge in [0.2, 0.25) is 0 Å². The summed E-state index contributed by atoms with van der Waals surface area (Å²) in [6, 6.07) is 5.21. The molecule has 0 radical (unpaired) electrons. The molecule has 5 heteroatoms. The molecule has 0 aromatic heterocycles. The van der Waals surface area contributed by atoms with E-state index in [0.29, 0.717) is 10.8 Å². The van der Waals surface area contributed by atoms with Gasteiger partial charge in [0.25, 0.3) is 5.91 Å². The summed E-state index contributed by atoms with van der Waals surface area (Å²) < 4.78 is 6.18. The molecule has 1 atom stereocenters. The third kappa shape index (κ3) is 3.02. The first-order chi connectivity index (χ1) is 6.50. The molecule has 14 heavy (non-hydrogen) atoms. The van der Waals surface area contributed by atoms with Gasteiger partial charge in [0.15, 0.2) is 6.10 Å². The minimum Gasteiger partial charge on any atom is -0.481 e. The van der Waals surface area contributed by atoms with E-state index in [1.807, 2.05) is 6.07 Å². The van der Waals surface area contributed by atoms with Crippen LogP contribution >= 0.6 is 34.2 Å². The molecule has 0 heterocycles. The fourth-order valence-corrected chi connectivity index (χ4v) is 1.32. The van der Waals surface area contributed by atoms with Gasteiger partial charge in [-0.05, 0) is 47.7 Å². The Hall–Kier alpha value is -0.490. The summed E-state index contributed by atoms with van der Waals surface area (Å²) in [6.07, 6.45) is -0.647. The second-order valence-electron chi connectivity index (χ2n) is 2.74. The molecular formula is C9H9ClINO2. The molecule has 0 saturated carbocycles. The van der Waals surface area contributed by atoms with E-state index < -0.39 is 12.0 Å². The van der Waals surface area contributed by atoms with Gasteiger partial charge in [-0.2, -0.15) is 0 Å². The molecule has 0 saturated heterocycles. The Morgan fingerprint density at radius 2 is 2.29 bits per heavy atom. The summed E-state index contributed by atoms with van der Waals surface area (Å²) in [5, 5.41) is 0.597. The van der Waals surface area contributed by atoms with Gasteiger partial charge in [0.1, 0.15) is 5.75 Å². The zero-order chi connectivity index (χ0) is 10.7.